The molecule has 2 aromatic rings. The smallest absolute Gasteiger partial charge is 0.414 e. The van der Waals surface area contributed by atoms with Gasteiger partial charge in [-0.1, -0.05) is 18.9 Å². The van der Waals surface area contributed by atoms with E-state index in [9.17, 15) is 25.4 Å². The summed E-state index contributed by atoms with van der Waals surface area (Å²) in [6, 6.07) is 16.6. The summed E-state index contributed by atoms with van der Waals surface area (Å²) in [5, 5.41) is 44.2. The lowest BCUT2D eigenvalue weighted by Crippen LogP contribution is -2.38. The molecule has 4 saturated carbocycles. The number of aromatic nitrogens is 1. The van der Waals surface area contributed by atoms with Gasteiger partial charge in [0.25, 0.3) is 0 Å². The van der Waals surface area contributed by atoms with E-state index in [1.54, 1.807) is 18.3 Å². The van der Waals surface area contributed by atoms with Crippen molar-refractivity contribution in [3.05, 3.63) is 48.0 Å². The molecule has 13 heteroatoms. The Bertz CT molecular complexity index is 2070. The molecule has 56 heavy (non-hydrogen) atoms. The maximum Gasteiger partial charge on any atom is 0.414 e. The van der Waals surface area contributed by atoms with Crippen LogP contribution < -0.4 is 26.2 Å². The van der Waals surface area contributed by atoms with Crippen molar-refractivity contribution in [1.82, 2.24) is 26.3 Å². The van der Waals surface area contributed by atoms with E-state index in [2.05, 4.69) is 39.5 Å². The maximum atomic E-state index is 15.9. The quantitative estimate of drug-likeness (QED) is 0.205. The number of ether oxygens (including phenoxy) is 1. The normalized spacial score (nSPS) is 37.9. The average Bonchev–Trinajstić information content (AvgIpc) is 4.17. The van der Waals surface area contributed by atoms with Crippen molar-refractivity contribution in [3.8, 4) is 29.3 Å². The van der Waals surface area contributed by atoms with Gasteiger partial charge in [-0.15, -0.1) is 0 Å². The zero-order valence-electron chi connectivity index (χ0n) is 31.5. The highest BCUT2D eigenvalue weighted by molar-refractivity contribution is 5.90. The lowest BCUT2D eigenvalue weighted by molar-refractivity contribution is -0.122. The monoisotopic (exact) mass is 757 g/mol. The molecule has 1 aromatic heterocycles. The predicted molar refractivity (Wildman–Crippen MR) is 201 cm³/mol. The van der Waals surface area contributed by atoms with Crippen LogP contribution in [0.3, 0.4) is 0 Å². The van der Waals surface area contributed by atoms with Gasteiger partial charge < -0.3 is 26.0 Å². The van der Waals surface area contributed by atoms with Crippen LogP contribution in [0.1, 0.15) is 50.1 Å². The van der Waals surface area contributed by atoms with Gasteiger partial charge in [0.2, 0.25) is 5.91 Å². The summed E-state index contributed by atoms with van der Waals surface area (Å²) in [5.41, 5.74) is 1.89. The third-order valence-corrected chi connectivity index (χ3v) is 15.7. The van der Waals surface area contributed by atoms with Crippen LogP contribution in [0.15, 0.2) is 36.5 Å². The molecule has 11 unspecified atom stereocenters. The Morgan fingerprint density at radius 1 is 0.946 bits per heavy atom. The van der Waals surface area contributed by atoms with Crippen molar-refractivity contribution >= 4 is 17.7 Å². The van der Waals surface area contributed by atoms with Gasteiger partial charge in [0, 0.05) is 70.7 Å². The fraction of sp³-hybridized carbons (Fsp3) is 0.628. The van der Waals surface area contributed by atoms with Crippen molar-refractivity contribution in [2.24, 2.45) is 63.6 Å². The molecule has 4 saturated heterocycles. The number of cyclic esters (lactones) is 1. The number of anilines is 1. The Kier molecular flexibility index (Phi) is 8.45. The van der Waals surface area contributed by atoms with Crippen molar-refractivity contribution in [2.45, 2.75) is 50.5 Å². The number of fused-ring (bicyclic) bond motifs is 3. The van der Waals surface area contributed by atoms with Crippen molar-refractivity contribution in [2.75, 3.05) is 57.3 Å². The number of nitrogens with one attached hydrogen (secondary N) is 4. The van der Waals surface area contributed by atoms with Crippen LogP contribution in [0.4, 0.5) is 14.9 Å². The maximum absolute atomic E-state index is 15.9. The van der Waals surface area contributed by atoms with E-state index in [0.29, 0.717) is 22.7 Å². The fourth-order valence-corrected chi connectivity index (χ4v) is 12.5. The molecule has 290 valence electrons. The lowest BCUT2D eigenvalue weighted by atomic mass is 9.65. The number of unbranched alkanes of at least 4 members (excludes halogenated alkanes) is 1. The van der Waals surface area contributed by atoms with Crippen LogP contribution in [-0.2, 0) is 9.53 Å². The van der Waals surface area contributed by atoms with Crippen LogP contribution >= 0.6 is 0 Å². The summed E-state index contributed by atoms with van der Waals surface area (Å²) in [4.78, 5) is 31.3. The lowest BCUT2D eigenvalue weighted by Gasteiger charge is -2.39. The molecule has 10 rings (SSSR count). The number of hydrogen-bond donors (Lipinski definition) is 4. The van der Waals surface area contributed by atoms with Crippen molar-refractivity contribution < 1.29 is 18.7 Å². The minimum atomic E-state index is -0.573. The van der Waals surface area contributed by atoms with Gasteiger partial charge in [-0.05, 0) is 93.3 Å². The van der Waals surface area contributed by atoms with E-state index >= 15 is 4.39 Å². The number of amides is 2. The molecule has 0 spiro atoms. The third-order valence-electron chi connectivity index (χ3n) is 15.7. The van der Waals surface area contributed by atoms with Gasteiger partial charge in [0.1, 0.15) is 11.9 Å². The molecule has 12 atom stereocenters. The molecule has 0 radical (unpaired) electrons. The molecule has 4 aliphatic carbocycles. The number of halogens is 1. The Morgan fingerprint density at radius 3 is 2.32 bits per heavy atom. The molecule has 5 heterocycles. The summed E-state index contributed by atoms with van der Waals surface area (Å²) in [7, 11) is 0. The predicted octanol–water partition coefficient (Wildman–Crippen LogP) is 4.08. The van der Waals surface area contributed by atoms with Crippen LogP contribution in [0.25, 0.3) is 11.1 Å². The zero-order chi connectivity index (χ0) is 38.4. The molecule has 12 nitrogen and oxygen atoms in total. The summed E-state index contributed by atoms with van der Waals surface area (Å²) in [5.74, 6) is 0.603. The SMILES string of the molecule is N#CC1C2CNCC12CCCCC(C(c1ccc(-c2ccc(N3C[C@H](CNC(=O)C4CC4)OC3=O)cc2F)cn1)C12CNCC1C2C#N)C12CNCC1C2C#N. The second-order valence-corrected chi connectivity index (χ2v) is 18.1. The summed E-state index contributed by atoms with van der Waals surface area (Å²) >= 11 is 0. The van der Waals surface area contributed by atoms with Crippen molar-refractivity contribution in [3.63, 3.8) is 0 Å². The van der Waals surface area contributed by atoms with Gasteiger partial charge in [-0.2, -0.15) is 15.8 Å². The average molecular weight is 758 g/mol. The number of nitrogens with zero attached hydrogens (tertiary/aromatic N) is 5. The minimum absolute atomic E-state index is 0.0184. The number of hydrogen-bond acceptors (Lipinski definition) is 10. The first-order valence-corrected chi connectivity index (χ1v) is 20.6. The van der Waals surface area contributed by atoms with Gasteiger partial charge in [-0.25, -0.2) is 9.18 Å². The second-order valence-electron chi connectivity index (χ2n) is 18.1. The minimum Gasteiger partial charge on any atom is -0.442 e. The largest absolute Gasteiger partial charge is 0.442 e. The Morgan fingerprint density at radius 2 is 1.66 bits per heavy atom. The van der Waals surface area contributed by atoms with Crippen molar-refractivity contribution in [1.29, 1.82) is 15.8 Å². The molecule has 2 amide bonds. The van der Waals surface area contributed by atoms with Gasteiger partial charge >= 0.3 is 6.09 Å². The van der Waals surface area contributed by atoms with E-state index in [-0.39, 0.29) is 82.6 Å². The van der Waals surface area contributed by atoms with E-state index < -0.39 is 18.0 Å². The third kappa shape index (κ3) is 5.32. The van der Waals surface area contributed by atoms with E-state index in [4.69, 9.17) is 9.72 Å². The van der Waals surface area contributed by atoms with Gasteiger partial charge in [0.15, 0.2) is 0 Å². The fourth-order valence-electron chi connectivity index (χ4n) is 12.5. The Balaban J connectivity index is 0.909. The first-order chi connectivity index (χ1) is 27.3. The molecular weight excluding hydrogens is 710 g/mol. The Hall–Kier alpha value is -4.61. The highest BCUT2D eigenvalue weighted by Gasteiger charge is 2.78. The van der Waals surface area contributed by atoms with Crippen LogP contribution in [0.2, 0.25) is 0 Å². The van der Waals surface area contributed by atoms with E-state index in [1.807, 2.05) is 12.1 Å². The highest BCUT2D eigenvalue weighted by atomic mass is 19.1. The number of carbonyl (C=O) groups is 2. The van der Waals surface area contributed by atoms with Crippen LogP contribution in [0.5, 0.6) is 0 Å². The topological polar surface area (TPSA) is 179 Å². The molecule has 4 aliphatic heterocycles. The number of pyridine rings is 1. The van der Waals surface area contributed by atoms with E-state index in [0.717, 1.165) is 83.5 Å². The zero-order valence-corrected chi connectivity index (χ0v) is 31.5. The molecular formula is C43H48FN9O3. The summed E-state index contributed by atoms with van der Waals surface area (Å²) < 4.78 is 21.4. The molecule has 1 aromatic carbocycles. The first-order valence-electron chi connectivity index (χ1n) is 20.6. The number of carbonyl (C=O) groups excluding carboxylic acids is 2. The molecule has 0 bridgehead atoms. The first kappa shape index (κ1) is 35.8. The molecule has 8 aliphatic rings. The molecule has 4 N–H and O–H groups in total. The number of rotatable bonds is 14. The number of nitriles is 3. The van der Waals surface area contributed by atoms with Crippen LogP contribution in [-0.4, -0.2) is 75.4 Å². The standard InChI is InChI=1S/C43H48FN9O3/c44-36-11-26(53-20-27(56-40(53)55)16-52-39(54)24-4-5-24)7-8-28(36)25-6-9-37(51-15-25)38(43-23-50-19-35(43)32(43)14-47)29(42-22-49-18-34(42)31(42)13-46)3-1-2-10-41-21-48-17-33(41)30(41)12-45/h6-9,11,15,24,27,29-35,38,48-50H,1-5,10,16-23H2,(H,52,54)/t27-,29?,30?,31?,32?,33?,34?,35?,38?,41?,42?,43?/m0/s1. The Labute approximate surface area is 326 Å². The summed E-state index contributed by atoms with van der Waals surface area (Å²) in [6.07, 6.45) is 6.39. The van der Waals surface area contributed by atoms with Crippen LogP contribution in [0, 0.1) is 103 Å². The van der Waals surface area contributed by atoms with Gasteiger partial charge in [0.05, 0.1) is 54.7 Å². The number of piperidine rings is 3. The summed E-state index contributed by atoms with van der Waals surface area (Å²) in [6.45, 7) is 5.42. The second kappa shape index (κ2) is 13.2. The highest BCUT2D eigenvalue weighted by Crippen LogP contribution is 2.76. The molecule has 8 fully saturated rings. The van der Waals surface area contributed by atoms with E-state index in [1.165, 1.54) is 11.0 Å². The van der Waals surface area contributed by atoms with Gasteiger partial charge in [-0.3, -0.25) is 14.7 Å². The number of benzene rings is 1.